The van der Waals surface area contributed by atoms with E-state index in [0.717, 1.165) is 68.6 Å². The Morgan fingerprint density at radius 1 is 1.20 bits per heavy atom. The Morgan fingerprint density at radius 3 is 2.65 bits per heavy atom. The molecule has 0 unspecified atom stereocenters. The number of ether oxygens (including phenoxy) is 2. The van der Waals surface area contributed by atoms with Gasteiger partial charge in [-0.3, -0.25) is 4.90 Å². The fourth-order valence-electron chi connectivity index (χ4n) is 2.52. The average molecular weight is 298 g/mol. The summed E-state index contributed by atoms with van der Waals surface area (Å²) in [5, 5.41) is 0.718. The van der Waals surface area contributed by atoms with Crippen molar-refractivity contribution in [2.24, 2.45) is 0 Å². The van der Waals surface area contributed by atoms with Crippen molar-refractivity contribution in [2.45, 2.75) is 26.7 Å². The molecule has 4 heteroatoms. The van der Waals surface area contributed by atoms with Crippen LogP contribution >= 0.6 is 11.6 Å². The van der Waals surface area contributed by atoms with Gasteiger partial charge in [-0.1, -0.05) is 17.7 Å². The first kappa shape index (κ1) is 15.6. The third-order valence-corrected chi connectivity index (χ3v) is 3.87. The molecule has 0 aliphatic carbocycles. The molecule has 2 rings (SSSR count). The zero-order valence-electron chi connectivity index (χ0n) is 12.5. The molecule has 112 valence electrons. The fraction of sp³-hybridized carbons (Fsp3) is 0.625. The van der Waals surface area contributed by atoms with Crippen LogP contribution < -0.4 is 4.74 Å². The largest absolute Gasteiger partial charge is 0.492 e. The number of halogens is 1. The Labute approximate surface area is 126 Å². The molecule has 0 amide bonds. The molecule has 1 aromatic rings. The van der Waals surface area contributed by atoms with Crippen molar-refractivity contribution < 1.29 is 9.47 Å². The van der Waals surface area contributed by atoms with Crippen LogP contribution in [-0.4, -0.2) is 44.4 Å². The zero-order chi connectivity index (χ0) is 14.4. The number of unbranched alkanes of at least 4 members (excludes halogenated alkanes) is 1. The summed E-state index contributed by atoms with van der Waals surface area (Å²) >= 11 is 6.22. The van der Waals surface area contributed by atoms with Gasteiger partial charge >= 0.3 is 0 Å². The second kappa shape index (κ2) is 7.87. The second-order valence-electron chi connectivity index (χ2n) is 5.40. The maximum Gasteiger partial charge on any atom is 0.140 e. The predicted molar refractivity (Wildman–Crippen MR) is 82.9 cm³/mol. The standard InChI is InChI=1S/C16H24ClNO2/c1-13-11-14(2)16(15(17)12-13)20-8-4-3-5-18-6-9-19-10-7-18/h11-12H,3-10H2,1-2H3. The number of hydrogen-bond acceptors (Lipinski definition) is 3. The summed E-state index contributed by atoms with van der Waals surface area (Å²) in [5.74, 6) is 0.837. The van der Waals surface area contributed by atoms with E-state index in [1.54, 1.807) is 0 Å². The Hall–Kier alpha value is -0.770. The minimum Gasteiger partial charge on any atom is -0.492 e. The summed E-state index contributed by atoms with van der Waals surface area (Å²) in [6, 6.07) is 4.06. The van der Waals surface area contributed by atoms with Crippen molar-refractivity contribution in [1.82, 2.24) is 4.90 Å². The van der Waals surface area contributed by atoms with Crippen molar-refractivity contribution in [3.8, 4) is 5.75 Å². The van der Waals surface area contributed by atoms with Gasteiger partial charge in [-0.15, -0.1) is 0 Å². The molecule has 1 aromatic carbocycles. The first-order chi connectivity index (χ1) is 9.66. The van der Waals surface area contributed by atoms with E-state index < -0.39 is 0 Å². The van der Waals surface area contributed by atoms with Crippen LogP contribution in [0, 0.1) is 13.8 Å². The van der Waals surface area contributed by atoms with Gasteiger partial charge in [0.1, 0.15) is 5.75 Å². The molecule has 20 heavy (non-hydrogen) atoms. The Morgan fingerprint density at radius 2 is 1.95 bits per heavy atom. The minimum absolute atomic E-state index is 0.718. The van der Waals surface area contributed by atoms with Gasteiger partial charge in [0.15, 0.2) is 0 Å². The lowest BCUT2D eigenvalue weighted by Gasteiger charge is -2.26. The summed E-state index contributed by atoms with van der Waals surface area (Å²) in [4.78, 5) is 2.45. The van der Waals surface area contributed by atoms with E-state index in [0.29, 0.717) is 0 Å². The molecule has 0 N–H and O–H groups in total. The molecule has 1 aliphatic heterocycles. The minimum atomic E-state index is 0.718. The van der Waals surface area contributed by atoms with Crippen LogP contribution in [-0.2, 0) is 4.74 Å². The van der Waals surface area contributed by atoms with Gasteiger partial charge in [-0.25, -0.2) is 0 Å². The Balaban J connectivity index is 1.68. The van der Waals surface area contributed by atoms with E-state index >= 15 is 0 Å². The number of benzene rings is 1. The highest BCUT2D eigenvalue weighted by Gasteiger charge is 2.10. The quantitative estimate of drug-likeness (QED) is 0.751. The molecule has 3 nitrogen and oxygen atoms in total. The highest BCUT2D eigenvalue weighted by molar-refractivity contribution is 6.32. The van der Waals surface area contributed by atoms with Crippen LogP contribution in [0.5, 0.6) is 5.75 Å². The monoisotopic (exact) mass is 297 g/mol. The molecule has 0 saturated carbocycles. The van der Waals surface area contributed by atoms with Gasteiger partial charge in [0.05, 0.1) is 24.8 Å². The van der Waals surface area contributed by atoms with Crippen LogP contribution in [0.4, 0.5) is 0 Å². The zero-order valence-corrected chi connectivity index (χ0v) is 13.2. The van der Waals surface area contributed by atoms with Crippen molar-refractivity contribution in [2.75, 3.05) is 39.5 Å². The molecular formula is C16H24ClNO2. The molecule has 1 aliphatic rings. The van der Waals surface area contributed by atoms with E-state index in [4.69, 9.17) is 21.1 Å². The summed E-state index contributed by atoms with van der Waals surface area (Å²) in [7, 11) is 0. The maximum atomic E-state index is 6.22. The van der Waals surface area contributed by atoms with Gasteiger partial charge < -0.3 is 9.47 Å². The number of morpholine rings is 1. The highest BCUT2D eigenvalue weighted by Crippen LogP contribution is 2.29. The fourth-order valence-corrected chi connectivity index (χ4v) is 2.90. The molecule has 0 bridgehead atoms. The third kappa shape index (κ3) is 4.65. The van der Waals surface area contributed by atoms with Crippen molar-refractivity contribution in [3.05, 3.63) is 28.3 Å². The molecule has 0 aromatic heterocycles. The van der Waals surface area contributed by atoms with Gasteiger partial charge in [0.25, 0.3) is 0 Å². The Kier molecular flexibility index (Phi) is 6.14. The van der Waals surface area contributed by atoms with E-state index in [9.17, 15) is 0 Å². The first-order valence-corrected chi connectivity index (χ1v) is 7.74. The van der Waals surface area contributed by atoms with E-state index in [2.05, 4.69) is 11.0 Å². The molecule has 1 saturated heterocycles. The summed E-state index contributed by atoms with van der Waals surface area (Å²) < 4.78 is 11.2. The molecule has 1 heterocycles. The smallest absolute Gasteiger partial charge is 0.140 e. The lowest BCUT2D eigenvalue weighted by Crippen LogP contribution is -2.36. The number of nitrogens with zero attached hydrogens (tertiary/aromatic N) is 1. The van der Waals surface area contributed by atoms with Crippen molar-refractivity contribution >= 4 is 11.6 Å². The normalized spacial score (nSPS) is 16.4. The lowest BCUT2D eigenvalue weighted by molar-refractivity contribution is 0.0368. The first-order valence-electron chi connectivity index (χ1n) is 7.36. The summed E-state index contributed by atoms with van der Waals surface area (Å²) in [5.41, 5.74) is 2.29. The van der Waals surface area contributed by atoms with Gasteiger partial charge in [-0.2, -0.15) is 0 Å². The van der Waals surface area contributed by atoms with Crippen molar-refractivity contribution in [1.29, 1.82) is 0 Å². The summed E-state index contributed by atoms with van der Waals surface area (Å²) in [6.45, 7) is 9.81. The predicted octanol–water partition coefficient (Wildman–Crippen LogP) is 3.45. The van der Waals surface area contributed by atoms with Gasteiger partial charge in [0, 0.05) is 13.1 Å². The van der Waals surface area contributed by atoms with Crippen LogP contribution in [0.2, 0.25) is 5.02 Å². The average Bonchev–Trinajstić information content (AvgIpc) is 2.42. The number of hydrogen-bond donors (Lipinski definition) is 0. The number of rotatable bonds is 6. The van der Waals surface area contributed by atoms with Gasteiger partial charge in [-0.05, 0) is 50.4 Å². The maximum absolute atomic E-state index is 6.22. The van der Waals surface area contributed by atoms with Crippen LogP contribution in [0.1, 0.15) is 24.0 Å². The number of aryl methyl sites for hydroxylation is 2. The lowest BCUT2D eigenvalue weighted by atomic mass is 10.1. The highest BCUT2D eigenvalue weighted by atomic mass is 35.5. The molecular weight excluding hydrogens is 274 g/mol. The van der Waals surface area contributed by atoms with E-state index in [1.165, 1.54) is 5.56 Å². The van der Waals surface area contributed by atoms with E-state index in [1.807, 2.05) is 19.9 Å². The SMILES string of the molecule is Cc1cc(C)c(OCCCCN2CCOCC2)c(Cl)c1. The Bertz CT molecular complexity index is 407. The van der Waals surface area contributed by atoms with Crippen LogP contribution in [0.3, 0.4) is 0 Å². The van der Waals surface area contributed by atoms with Crippen molar-refractivity contribution in [3.63, 3.8) is 0 Å². The molecule has 0 radical (unpaired) electrons. The topological polar surface area (TPSA) is 21.7 Å². The van der Waals surface area contributed by atoms with Gasteiger partial charge in [0.2, 0.25) is 0 Å². The van der Waals surface area contributed by atoms with Crippen LogP contribution in [0.25, 0.3) is 0 Å². The van der Waals surface area contributed by atoms with Crippen LogP contribution in [0.15, 0.2) is 12.1 Å². The van der Waals surface area contributed by atoms with E-state index in [-0.39, 0.29) is 0 Å². The molecule has 0 atom stereocenters. The molecule has 0 spiro atoms. The third-order valence-electron chi connectivity index (χ3n) is 3.59. The molecule has 1 fully saturated rings. The summed E-state index contributed by atoms with van der Waals surface area (Å²) in [6.07, 6.45) is 2.21. The second-order valence-corrected chi connectivity index (χ2v) is 5.81.